The van der Waals surface area contributed by atoms with Gasteiger partial charge in [-0.2, -0.15) is 0 Å². The molecule has 5 nitrogen and oxygen atoms in total. The molecule has 0 aromatic heterocycles. The number of esters is 1. The number of rotatable bonds is 3. The highest BCUT2D eigenvalue weighted by atomic mass is 16.5. The fourth-order valence-electron chi connectivity index (χ4n) is 2.69. The van der Waals surface area contributed by atoms with E-state index in [4.69, 9.17) is 10.5 Å². The van der Waals surface area contributed by atoms with Crippen molar-refractivity contribution in [2.75, 3.05) is 19.4 Å². The topological polar surface area (TPSA) is 72.6 Å². The zero-order chi connectivity index (χ0) is 15.2. The first-order chi connectivity index (χ1) is 10.1. The second-order valence-electron chi connectivity index (χ2n) is 5.35. The van der Waals surface area contributed by atoms with Gasteiger partial charge in [0, 0.05) is 25.2 Å². The second-order valence-corrected chi connectivity index (χ2v) is 5.35. The number of nitrogens with zero attached hydrogens (tertiary/aromatic N) is 1. The summed E-state index contributed by atoms with van der Waals surface area (Å²) < 4.78 is 4.80. The van der Waals surface area contributed by atoms with E-state index in [2.05, 4.69) is 0 Å². The Kier molecular flexibility index (Phi) is 5.20. The van der Waals surface area contributed by atoms with Crippen molar-refractivity contribution in [1.29, 1.82) is 0 Å². The number of methoxy groups -OCH3 is 1. The molecule has 0 bridgehead atoms. The largest absolute Gasteiger partial charge is 0.465 e. The van der Waals surface area contributed by atoms with Crippen LogP contribution in [0, 0.1) is 0 Å². The molecule has 114 valence electrons. The Morgan fingerprint density at radius 1 is 1.29 bits per heavy atom. The molecule has 1 heterocycles. The van der Waals surface area contributed by atoms with Crippen LogP contribution >= 0.6 is 0 Å². The number of carbonyl (C=O) groups excluding carboxylic acids is 2. The molecule has 21 heavy (non-hydrogen) atoms. The van der Waals surface area contributed by atoms with Gasteiger partial charge in [-0.25, -0.2) is 4.79 Å². The number of hydrogen-bond donors (Lipinski definition) is 1. The number of nitrogens with two attached hydrogens (primary N) is 1. The predicted octanol–water partition coefficient (Wildman–Crippen LogP) is 2.35. The molecule has 1 aliphatic heterocycles. The lowest BCUT2D eigenvalue weighted by Crippen LogP contribution is -2.33. The van der Waals surface area contributed by atoms with Crippen LogP contribution in [0.2, 0.25) is 0 Å². The maximum atomic E-state index is 12.2. The molecule has 1 fully saturated rings. The summed E-state index contributed by atoms with van der Waals surface area (Å²) in [5, 5.41) is 0. The monoisotopic (exact) mass is 290 g/mol. The van der Waals surface area contributed by atoms with Gasteiger partial charge < -0.3 is 15.4 Å². The number of ether oxygens (including phenoxy) is 1. The lowest BCUT2D eigenvalue weighted by Gasteiger charge is -2.26. The van der Waals surface area contributed by atoms with Crippen molar-refractivity contribution in [3.63, 3.8) is 0 Å². The fourth-order valence-corrected chi connectivity index (χ4v) is 2.69. The van der Waals surface area contributed by atoms with E-state index >= 15 is 0 Å². The minimum absolute atomic E-state index is 0.146. The molecule has 0 radical (unpaired) electrons. The van der Waals surface area contributed by atoms with Crippen LogP contribution < -0.4 is 5.73 Å². The molecule has 1 aromatic carbocycles. The summed E-state index contributed by atoms with van der Waals surface area (Å²) >= 11 is 0. The minimum Gasteiger partial charge on any atom is -0.465 e. The molecule has 0 atom stereocenters. The number of anilines is 1. The molecule has 2 N–H and O–H groups in total. The highest BCUT2D eigenvalue weighted by molar-refractivity contribution is 5.96. The third kappa shape index (κ3) is 3.74. The van der Waals surface area contributed by atoms with Crippen molar-refractivity contribution < 1.29 is 14.3 Å². The molecule has 0 spiro atoms. The van der Waals surface area contributed by atoms with Crippen molar-refractivity contribution in [2.24, 2.45) is 0 Å². The van der Waals surface area contributed by atoms with E-state index < -0.39 is 5.97 Å². The van der Waals surface area contributed by atoms with Crippen molar-refractivity contribution in [2.45, 2.75) is 38.6 Å². The second kappa shape index (κ2) is 7.11. The molecule has 1 aliphatic rings. The Labute approximate surface area is 125 Å². The van der Waals surface area contributed by atoms with Gasteiger partial charge in [-0.15, -0.1) is 0 Å². The first-order valence-corrected chi connectivity index (χ1v) is 7.37. The smallest absolute Gasteiger partial charge is 0.340 e. The molecular weight excluding hydrogens is 268 g/mol. The van der Waals surface area contributed by atoms with E-state index in [1.165, 1.54) is 7.11 Å². The van der Waals surface area contributed by atoms with Crippen LogP contribution in [-0.2, 0) is 16.1 Å². The van der Waals surface area contributed by atoms with Crippen molar-refractivity contribution >= 4 is 17.6 Å². The van der Waals surface area contributed by atoms with E-state index in [0.717, 1.165) is 37.8 Å². The first-order valence-electron chi connectivity index (χ1n) is 7.37. The van der Waals surface area contributed by atoms with E-state index in [1.807, 2.05) is 11.0 Å². The highest BCUT2D eigenvalue weighted by Crippen LogP contribution is 2.21. The Bertz CT molecular complexity index is 528. The Hall–Kier alpha value is -2.04. The summed E-state index contributed by atoms with van der Waals surface area (Å²) in [5.74, 6) is -0.310. The van der Waals surface area contributed by atoms with Crippen LogP contribution in [0.3, 0.4) is 0 Å². The Morgan fingerprint density at radius 3 is 2.81 bits per heavy atom. The summed E-state index contributed by atoms with van der Waals surface area (Å²) in [6, 6.07) is 5.30. The number of amides is 1. The first kappa shape index (κ1) is 15.4. The molecule has 0 unspecified atom stereocenters. The maximum absolute atomic E-state index is 12.2. The van der Waals surface area contributed by atoms with Crippen LogP contribution in [0.5, 0.6) is 0 Å². The third-order valence-electron chi connectivity index (χ3n) is 3.86. The zero-order valence-electron chi connectivity index (χ0n) is 12.4. The van der Waals surface area contributed by atoms with Crippen LogP contribution in [0.1, 0.15) is 48.0 Å². The summed E-state index contributed by atoms with van der Waals surface area (Å²) in [5.41, 5.74) is 7.39. The number of carbonyl (C=O) groups is 2. The van der Waals surface area contributed by atoms with Gasteiger partial charge in [0.15, 0.2) is 0 Å². The summed E-state index contributed by atoms with van der Waals surface area (Å²) in [4.78, 5) is 25.9. The average Bonchev–Trinajstić information content (AvgIpc) is 2.46. The normalized spacial score (nSPS) is 16.2. The zero-order valence-corrected chi connectivity index (χ0v) is 12.4. The molecule has 1 saturated heterocycles. The van der Waals surface area contributed by atoms with Crippen LogP contribution in [0.25, 0.3) is 0 Å². The standard InChI is InChI=1S/C16H22N2O3/c1-21-16(20)15-12(7-6-8-13(15)17)11-18-10-5-3-2-4-9-14(18)19/h6-8H,2-5,9-11,17H2,1H3. The molecule has 2 rings (SSSR count). The van der Waals surface area contributed by atoms with Crippen molar-refractivity contribution in [1.82, 2.24) is 4.90 Å². The predicted molar refractivity (Wildman–Crippen MR) is 80.7 cm³/mol. The third-order valence-corrected chi connectivity index (χ3v) is 3.86. The molecule has 1 amide bonds. The Balaban J connectivity index is 2.23. The molecule has 0 aliphatic carbocycles. The van der Waals surface area contributed by atoms with Gasteiger partial charge in [0.1, 0.15) is 0 Å². The molecule has 5 heteroatoms. The van der Waals surface area contributed by atoms with Crippen LogP contribution in [0.15, 0.2) is 18.2 Å². The summed E-state index contributed by atoms with van der Waals surface area (Å²) in [6.07, 6.45) is 4.78. The van der Waals surface area contributed by atoms with Gasteiger partial charge in [-0.3, -0.25) is 4.79 Å². The molecule has 0 saturated carbocycles. The van der Waals surface area contributed by atoms with Gasteiger partial charge in [-0.1, -0.05) is 25.0 Å². The van der Waals surface area contributed by atoms with Gasteiger partial charge in [0.05, 0.1) is 12.7 Å². The lowest BCUT2D eigenvalue weighted by molar-refractivity contribution is -0.132. The van der Waals surface area contributed by atoms with E-state index in [9.17, 15) is 9.59 Å². The van der Waals surface area contributed by atoms with Crippen LogP contribution in [-0.4, -0.2) is 30.4 Å². The quantitative estimate of drug-likeness (QED) is 0.685. The van der Waals surface area contributed by atoms with E-state index in [-0.39, 0.29) is 5.91 Å². The Morgan fingerprint density at radius 2 is 2.05 bits per heavy atom. The van der Waals surface area contributed by atoms with E-state index in [1.54, 1.807) is 12.1 Å². The van der Waals surface area contributed by atoms with Crippen molar-refractivity contribution in [3.05, 3.63) is 29.3 Å². The van der Waals surface area contributed by atoms with E-state index in [0.29, 0.717) is 24.2 Å². The number of likely N-dealkylation sites (tertiary alicyclic amines) is 1. The lowest BCUT2D eigenvalue weighted by atomic mass is 10.0. The average molecular weight is 290 g/mol. The molecule has 1 aromatic rings. The van der Waals surface area contributed by atoms with Gasteiger partial charge >= 0.3 is 5.97 Å². The van der Waals surface area contributed by atoms with Gasteiger partial charge in [0.2, 0.25) is 5.91 Å². The number of hydrogen-bond acceptors (Lipinski definition) is 4. The summed E-state index contributed by atoms with van der Waals surface area (Å²) in [7, 11) is 1.33. The van der Waals surface area contributed by atoms with Crippen molar-refractivity contribution in [3.8, 4) is 0 Å². The van der Waals surface area contributed by atoms with Crippen LogP contribution in [0.4, 0.5) is 5.69 Å². The highest BCUT2D eigenvalue weighted by Gasteiger charge is 2.20. The number of nitrogen functional groups attached to an aromatic ring is 1. The summed E-state index contributed by atoms with van der Waals surface area (Å²) in [6.45, 7) is 1.14. The minimum atomic E-state index is -0.456. The van der Waals surface area contributed by atoms with Gasteiger partial charge in [0.25, 0.3) is 0 Å². The van der Waals surface area contributed by atoms with Gasteiger partial charge in [-0.05, 0) is 24.5 Å². The molecular formula is C16H22N2O3. The SMILES string of the molecule is COC(=O)c1c(N)cccc1CN1CCCCCCC1=O. The maximum Gasteiger partial charge on any atom is 0.340 e. The fraction of sp³-hybridized carbons (Fsp3) is 0.500. The number of benzene rings is 1.